The lowest BCUT2D eigenvalue weighted by Crippen LogP contribution is -2.12. The maximum absolute atomic E-state index is 9.99. The minimum atomic E-state index is -0.980. The standard InChI is InChI=1S/C5H8N4O3/c10-5(11)3-12-2-1-9-4-6-7-8-9/h4H,1-3H2,(H,10,11). The lowest BCUT2D eigenvalue weighted by atomic mass is 10.7. The molecule has 7 heteroatoms. The number of carbonyl (C=O) groups is 1. The van der Waals surface area contributed by atoms with E-state index in [0.29, 0.717) is 6.54 Å². The first-order valence-corrected chi connectivity index (χ1v) is 3.29. The van der Waals surface area contributed by atoms with Gasteiger partial charge in [-0.2, -0.15) is 0 Å². The van der Waals surface area contributed by atoms with Crippen LogP contribution >= 0.6 is 0 Å². The van der Waals surface area contributed by atoms with Crippen molar-refractivity contribution in [1.29, 1.82) is 0 Å². The number of hydrogen-bond acceptors (Lipinski definition) is 5. The Hall–Kier alpha value is -1.50. The highest BCUT2D eigenvalue weighted by Gasteiger charge is 1.96. The lowest BCUT2D eigenvalue weighted by molar-refractivity contribution is -0.142. The van der Waals surface area contributed by atoms with E-state index in [1.54, 1.807) is 0 Å². The minimum Gasteiger partial charge on any atom is -0.480 e. The third-order valence-corrected chi connectivity index (χ3v) is 1.08. The van der Waals surface area contributed by atoms with Gasteiger partial charge in [0, 0.05) is 0 Å². The zero-order chi connectivity index (χ0) is 8.81. The van der Waals surface area contributed by atoms with E-state index in [0.717, 1.165) is 0 Å². The number of rotatable bonds is 5. The van der Waals surface area contributed by atoms with Gasteiger partial charge >= 0.3 is 5.97 Å². The first kappa shape index (κ1) is 8.60. The number of hydrogen-bond donors (Lipinski definition) is 1. The fraction of sp³-hybridized carbons (Fsp3) is 0.600. The molecule has 0 bridgehead atoms. The Labute approximate surface area is 67.9 Å². The van der Waals surface area contributed by atoms with Crippen LogP contribution in [0.5, 0.6) is 0 Å². The molecule has 0 aliphatic heterocycles. The molecule has 0 aromatic carbocycles. The predicted molar refractivity (Wildman–Crippen MR) is 36.3 cm³/mol. The van der Waals surface area contributed by atoms with Crippen molar-refractivity contribution in [3.8, 4) is 0 Å². The summed E-state index contributed by atoms with van der Waals surface area (Å²) in [6.07, 6.45) is 1.43. The van der Waals surface area contributed by atoms with Crippen LogP contribution in [0, 0.1) is 0 Å². The molecule has 7 nitrogen and oxygen atoms in total. The molecule has 1 heterocycles. The Kier molecular flexibility index (Phi) is 3.15. The number of ether oxygens (including phenoxy) is 1. The summed E-state index contributed by atoms with van der Waals surface area (Å²) in [5, 5.41) is 18.6. The van der Waals surface area contributed by atoms with Crippen LogP contribution in [0.25, 0.3) is 0 Å². The van der Waals surface area contributed by atoms with E-state index in [2.05, 4.69) is 15.5 Å². The van der Waals surface area contributed by atoms with Gasteiger partial charge in [-0.15, -0.1) is 5.10 Å². The minimum absolute atomic E-state index is 0.289. The second kappa shape index (κ2) is 4.39. The van der Waals surface area contributed by atoms with E-state index in [1.165, 1.54) is 11.0 Å². The van der Waals surface area contributed by atoms with Crippen LogP contribution in [0.4, 0.5) is 0 Å². The lowest BCUT2D eigenvalue weighted by Gasteiger charge is -1.98. The Bertz CT molecular complexity index is 235. The Morgan fingerprint density at radius 1 is 1.67 bits per heavy atom. The molecule has 0 unspecified atom stereocenters. The second-order valence-electron chi connectivity index (χ2n) is 2.02. The zero-order valence-corrected chi connectivity index (χ0v) is 6.25. The molecule has 12 heavy (non-hydrogen) atoms. The molecule has 0 aliphatic rings. The summed E-state index contributed by atoms with van der Waals surface area (Å²) in [6, 6.07) is 0. The van der Waals surface area contributed by atoms with Gasteiger partial charge in [0.25, 0.3) is 0 Å². The molecule has 1 N–H and O–H groups in total. The Balaban J connectivity index is 2.07. The van der Waals surface area contributed by atoms with E-state index in [9.17, 15) is 4.79 Å². The van der Waals surface area contributed by atoms with E-state index in [-0.39, 0.29) is 13.2 Å². The summed E-state index contributed by atoms with van der Waals surface area (Å²) in [4.78, 5) is 9.99. The number of tetrazole rings is 1. The smallest absolute Gasteiger partial charge is 0.329 e. The van der Waals surface area contributed by atoms with Crippen molar-refractivity contribution in [2.75, 3.05) is 13.2 Å². The molecule has 0 saturated carbocycles. The maximum atomic E-state index is 9.99. The van der Waals surface area contributed by atoms with Gasteiger partial charge in [-0.05, 0) is 10.4 Å². The number of carboxylic acids is 1. The highest BCUT2D eigenvalue weighted by Crippen LogP contribution is 1.80. The van der Waals surface area contributed by atoms with Crippen molar-refractivity contribution in [3.63, 3.8) is 0 Å². The van der Waals surface area contributed by atoms with Crippen molar-refractivity contribution >= 4 is 5.97 Å². The van der Waals surface area contributed by atoms with Gasteiger partial charge in [0.15, 0.2) is 0 Å². The topological polar surface area (TPSA) is 90.1 Å². The van der Waals surface area contributed by atoms with E-state index in [1.807, 2.05) is 0 Å². The number of aromatic nitrogens is 4. The summed E-state index contributed by atoms with van der Waals surface area (Å²) in [7, 11) is 0. The summed E-state index contributed by atoms with van der Waals surface area (Å²) < 4.78 is 6.21. The van der Waals surface area contributed by atoms with Crippen molar-refractivity contribution in [2.24, 2.45) is 0 Å². The normalized spacial score (nSPS) is 10.0. The third kappa shape index (κ3) is 3.06. The molecule has 0 spiro atoms. The van der Waals surface area contributed by atoms with Crippen molar-refractivity contribution < 1.29 is 14.6 Å². The molecule has 0 amide bonds. The molecule has 0 aliphatic carbocycles. The van der Waals surface area contributed by atoms with Crippen LogP contribution in [-0.2, 0) is 16.1 Å². The fourth-order valence-corrected chi connectivity index (χ4v) is 0.600. The quantitative estimate of drug-likeness (QED) is 0.559. The molecular formula is C5H8N4O3. The molecule has 0 radical (unpaired) electrons. The van der Waals surface area contributed by atoms with Crippen LogP contribution in [0.2, 0.25) is 0 Å². The van der Waals surface area contributed by atoms with Gasteiger partial charge in [0.05, 0.1) is 13.2 Å². The van der Waals surface area contributed by atoms with E-state index in [4.69, 9.17) is 9.84 Å². The largest absolute Gasteiger partial charge is 0.480 e. The van der Waals surface area contributed by atoms with Gasteiger partial charge < -0.3 is 9.84 Å². The van der Waals surface area contributed by atoms with Gasteiger partial charge in [-0.25, -0.2) is 9.48 Å². The summed E-state index contributed by atoms with van der Waals surface area (Å²) in [5.41, 5.74) is 0. The highest BCUT2D eigenvalue weighted by molar-refractivity contribution is 5.67. The van der Waals surface area contributed by atoms with Crippen LogP contribution in [0.3, 0.4) is 0 Å². The SMILES string of the molecule is O=C(O)COCCn1cnnn1. The number of carboxylic acid groups (broad SMARTS) is 1. The van der Waals surface area contributed by atoms with Crippen LogP contribution in [-0.4, -0.2) is 44.5 Å². The van der Waals surface area contributed by atoms with Gasteiger partial charge in [-0.1, -0.05) is 0 Å². The molecule has 1 aromatic rings. The van der Waals surface area contributed by atoms with Gasteiger partial charge in [0.1, 0.15) is 12.9 Å². The maximum Gasteiger partial charge on any atom is 0.329 e. The molecule has 66 valence electrons. The van der Waals surface area contributed by atoms with Crippen LogP contribution in [0.1, 0.15) is 0 Å². The number of aliphatic carboxylic acids is 1. The Morgan fingerprint density at radius 2 is 2.50 bits per heavy atom. The summed E-state index contributed by atoms with van der Waals surface area (Å²) >= 11 is 0. The van der Waals surface area contributed by atoms with E-state index < -0.39 is 5.97 Å². The summed E-state index contributed by atoms with van der Waals surface area (Å²) in [5.74, 6) is -0.980. The molecule has 0 saturated heterocycles. The average Bonchev–Trinajstić information content (AvgIpc) is 2.49. The zero-order valence-electron chi connectivity index (χ0n) is 6.25. The first-order chi connectivity index (χ1) is 5.79. The molecule has 0 fully saturated rings. The predicted octanol–water partition coefficient (Wildman–Crippen LogP) is -1.23. The number of nitrogens with zero attached hydrogens (tertiary/aromatic N) is 4. The van der Waals surface area contributed by atoms with Gasteiger partial charge in [-0.3, -0.25) is 0 Å². The molecule has 0 atom stereocenters. The molecule has 1 aromatic heterocycles. The van der Waals surface area contributed by atoms with E-state index >= 15 is 0 Å². The van der Waals surface area contributed by atoms with Crippen molar-refractivity contribution in [1.82, 2.24) is 20.2 Å². The van der Waals surface area contributed by atoms with Crippen molar-refractivity contribution in [2.45, 2.75) is 6.54 Å². The molecular weight excluding hydrogens is 164 g/mol. The highest BCUT2D eigenvalue weighted by atomic mass is 16.5. The van der Waals surface area contributed by atoms with Crippen LogP contribution in [0.15, 0.2) is 6.33 Å². The van der Waals surface area contributed by atoms with Crippen molar-refractivity contribution in [3.05, 3.63) is 6.33 Å². The summed E-state index contributed by atoms with van der Waals surface area (Å²) in [6.45, 7) is 0.458. The first-order valence-electron chi connectivity index (χ1n) is 3.29. The second-order valence-corrected chi connectivity index (χ2v) is 2.02. The monoisotopic (exact) mass is 172 g/mol. The van der Waals surface area contributed by atoms with Crippen LogP contribution < -0.4 is 0 Å². The average molecular weight is 172 g/mol. The Morgan fingerprint density at radius 3 is 3.08 bits per heavy atom. The molecule has 1 rings (SSSR count). The third-order valence-electron chi connectivity index (χ3n) is 1.08. The fourth-order valence-electron chi connectivity index (χ4n) is 0.600. The van der Waals surface area contributed by atoms with Gasteiger partial charge in [0.2, 0.25) is 0 Å².